The molecule has 0 saturated carbocycles. The lowest BCUT2D eigenvalue weighted by Crippen LogP contribution is -2.18. The predicted molar refractivity (Wildman–Crippen MR) is 164 cm³/mol. The number of hydrogen-bond acceptors (Lipinski definition) is 5. The Morgan fingerprint density at radius 2 is 1.63 bits per heavy atom. The largest absolute Gasteiger partial charge is 0.345 e. The van der Waals surface area contributed by atoms with Crippen LogP contribution < -0.4 is 4.72 Å². The zero-order valence-electron chi connectivity index (χ0n) is 21.7. The molecule has 7 nitrogen and oxygen atoms in total. The van der Waals surface area contributed by atoms with Gasteiger partial charge in [0.25, 0.3) is 0 Å². The van der Waals surface area contributed by atoms with Crippen molar-refractivity contribution in [2.45, 2.75) is 0 Å². The van der Waals surface area contributed by atoms with E-state index in [0.29, 0.717) is 16.1 Å². The third-order valence-corrected chi connectivity index (χ3v) is 8.62. The Hall–Kier alpha value is -4.09. The van der Waals surface area contributed by atoms with Gasteiger partial charge in [0.15, 0.2) is 11.6 Å². The number of ketones is 2. The van der Waals surface area contributed by atoms with E-state index in [9.17, 15) is 22.4 Å². The number of hydrogen-bond donors (Lipinski definition) is 2. The normalized spacial score (nSPS) is 11.5. The second kappa shape index (κ2) is 11.9. The molecule has 2 N–H and O–H groups in total. The van der Waals surface area contributed by atoms with Crippen molar-refractivity contribution in [3.8, 4) is 11.1 Å². The van der Waals surface area contributed by atoms with E-state index >= 15 is 4.39 Å². The maximum Gasteiger partial charge on any atom is 0.236 e. The summed E-state index contributed by atoms with van der Waals surface area (Å²) in [6.07, 6.45) is 3.54. The van der Waals surface area contributed by atoms with Crippen LogP contribution in [0.25, 0.3) is 22.2 Å². The number of sulfonamides is 1. The van der Waals surface area contributed by atoms with E-state index < -0.39 is 50.2 Å². The van der Waals surface area contributed by atoms with Gasteiger partial charge in [-0.1, -0.05) is 59.1 Å². The minimum atomic E-state index is -4.07. The van der Waals surface area contributed by atoms with Crippen LogP contribution in [0.2, 0.25) is 15.1 Å². The lowest BCUT2D eigenvalue weighted by Gasteiger charge is -2.13. The number of benzene rings is 3. The van der Waals surface area contributed by atoms with Crippen molar-refractivity contribution < 1.29 is 26.8 Å². The first kappa shape index (κ1) is 30.4. The highest BCUT2D eigenvalue weighted by molar-refractivity contribution is 7.92. The van der Waals surface area contributed by atoms with Crippen molar-refractivity contribution in [2.75, 3.05) is 10.5 Å². The number of carbonyl (C=O) groups is 2. The van der Waals surface area contributed by atoms with Gasteiger partial charge in [0.05, 0.1) is 38.2 Å². The fourth-order valence-corrected chi connectivity index (χ4v) is 6.17. The van der Waals surface area contributed by atoms with Gasteiger partial charge in [-0.15, -0.1) is 6.58 Å². The molecule has 43 heavy (non-hydrogen) atoms. The molecule has 0 spiro atoms. The number of H-pyrrole nitrogens is 1. The summed E-state index contributed by atoms with van der Waals surface area (Å²) < 4.78 is 56.7. The monoisotopic (exact) mass is 659 g/mol. The molecule has 0 amide bonds. The minimum Gasteiger partial charge on any atom is -0.345 e. The smallest absolute Gasteiger partial charge is 0.236 e. The molecule has 0 aliphatic rings. The van der Waals surface area contributed by atoms with Crippen molar-refractivity contribution >= 4 is 73.1 Å². The Kier molecular flexibility index (Phi) is 8.40. The Morgan fingerprint density at radius 1 is 0.930 bits per heavy atom. The molecule has 218 valence electrons. The average Bonchev–Trinajstić information content (AvgIpc) is 3.40. The van der Waals surface area contributed by atoms with Gasteiger partial charge in [-0.05, 0) is 42.0 Å². The van der Waals surface area contributed by atoms with Crippen molar-refractivity contribution in [2.24, 2.45) is 0 Å². The molecule has 2 heterocycles. The van der Waals surface area contributed by atoms with Gasteiger partial charge in [0, 0.05) is 33.9 Å². The first-order valence-corrected chi connectivity index (χ1v) is 15.1. The molecular weight excluding hydrogens is 643 g/mol. The standard InChI is InChI=1S/C30H18Cl3F2N3O4S/c1-2-13-43(41,42)38-22-10-9-21(34)25(27(22)35)29(40)19-14-37-30-23(19)18(11-12-36-30)28(39)24-20(32)8-7-17(26(24)33)15-3-5-16(31)6-4-15/h2-12,14,38H,1,13H2,(H,36,37). The number of aromatic amines is 1. The molecule has 0 bridgehead atoms. The van der Waals surface area contributed by atoms with Gasteiger partial charge in [-0.2, -0.15) is 0 Å². The highest BCUT2D eigenvalue weighted by Crippen LogP contribution is 2.38. The zero-order valence-corrected chi connectivity index (χ0v) is 24.8. The van der Waals surface area contributed by atoms with Gasteiger partial charge >= 0.3 is 0 Å². The van der Waals surface area contributed by atoms with E-state index in [0.717, 1.165) is 24.4 Å². The van der Waals surface area contributed by atoms with Crippen molar-refractivity contribution in [3.63, 3.8) is 0 Å². The quantitative estimate of drug-likeness (QED) is 0.124. The molecule has 0 radical (unpaired) electrons. The van der Waals surface area contributed by atoms with Crippen molar-refractivity contribution in [3.05, 3.63) is 129 Å². The third kappa shape index (κ3) is 5.79. The molecule has 0 fully saturated rings. The number of rotatable bonds is 9. The topological polar surface area (TPSA) is 109 Å². The number of aromatic nitrogens is 2. The van der Waals surface area contributed by atoms with Crippen LogP contribution in [0.5, 0.6) is 0 Å². The number of carbonyl (C=O) groups excluding carboxylic acids is 2. The summed E-state index contributed by atoms with van der Waals surface area (Å²) in [6.45, 7) is 3.33. The summed E-state index contributed by atoms with van der Waals surface area (Å²) in [6, 6.07) is 12.8. The number of nitrogens with one attached hydrogen (secondary N) is 2. The number of halogens is 5. The molecule has 0 atom stereocenters. The van der Waals surface area contributed by atoms with Crippen LogP contribution in [0.1, 0.15) is 31.8 Å². The average molecular weight is 661 g/mol. The van der Waals surface area contributed by atoms with Crippen LogP contribution in [0.4, 0.5) is 14.5 Å². The van der Waals surface area contributed by atoms with Gasteiger partial charge in [0.1, 0.15) is 11.5 Å². The number of pyridine rings is 1. The Labute approximate surface area is 259 Å². The molecule has 0 unspecified atom stereocenters. The summed E-state index contributed by atoms with van der Waals surface area (Å²) in [7, 11) is -4.07. The van der Waals surface area contributed by atoms with E-state index in [2.05, 4.69) is 16.5 Å². The first-order chi connectivity index (χ1) is 20.4. The summed E-state index contributed by atoms with van der Waals surface area (Å²) in [5.41, 5.74) is -0.903. The molecule has 13 heteroatoms. The Bertz CT molecular complexity index is 2060. The molecular formula is C30H18Cl3F2N3O4S. The van der Waals surface area contributed by atoms with E-state index in [-0.39, 0.29) is 37.8 Å². The lowest BCUT2D eigenvalue weighted by molar-refractivity contribution is 0.103. The molecule has 5 rings (SSSR count). The van der Waals surface area contributed by atoms with E-state index in [4.69, 9.17) is 34.8 Å². The molecule has 5 aromatic rings. The molecule has 3 aromatic carbocycles. The summed E-state index contributed by atoms with van der Waals surface area (Å²) in [5, 5.41) is 0.516. The highest BCUT2D eigenvalue weighted by Gasteiger charge is 2.29. The SMILES string of the molecule is C=CCS(=O)(=O)Nc1ccc(F)c(C(=O)c2c[nH]c3nccc(C(=O)c4c(Cl)ccc(-c5ccc(Cl)cc5)c4Cl)c23)c1F. The van der Waals surface area contributed by atoms with Crippen LogP contribution in [0.15, 0.2) is 79.6 Å². The third-order valence-electron chi connectivity index (χ3n) is 6.46. The Morgan fingerprint density at radius 3 is 2.33 bits per heavy atom. The lowest BCUT2D eigenvalue weighted by atomic mass is 9.94. The molecule has 0 saturated heterocycles. The van der Waals surface area contributed by atoms with Crippen molar-refractivity contribution in [1.82, 2.24) is 9.97 Å². The molecule has 0 aliphatic heterocycles. The van der Waals surface area contributed by atoms with Crippen LogP contribution in [-0.2, 0) is 10.0 Å². The predicted octanol–water partition coefficient (Wildman–Crippen LogP) is 7.86. The Balaban J connectivity index is 1.63. The number of fused-ring (bicyclic) bond motifs is 1. The van der Waals surface area contributed by atoms with Gasteiger partial charge in [-0.3, -0.25) is 14.3 Å². The first-order valence-electron chi connectivity index (χ1n) is 12.3. The van der Waals surface area contributed by atoms with E-state index in [1.165, 1.54) is 18.3 Å². The van der Waals surface area contributed by atoms with Gasteiger partial charge in [-0.25, -0.2) is 22.2 Å². The van der Waals surface area contributed by atoms with E-state index in [1.54, 1.807) is 30.3 Å². The fraction of sp³-hybridized carbons (Fsp3) is 0.0333. The van der Waals surface area contributed by atoms with Gasteiger partial charge < -0.3 is 4.98 Å². The van der Waals surface area contributed by atoms with Crippen LogP contribution in [0, 0.1) is 11.6 Å². The fourth-order valence-electron chi connectivity index (χ4n) is 4.51. The second-order valence-electron chi connectivity index (χ2n) is 9.19. The minimum absolute atomic E-state index is 0.0256. The number of nitrogens with zero attached hydrogens (tertiary/aromatic N) is 1. The van der Waals surface area contributed by atoms with Crippen LogP contribution >= 0.6 is 34.8 Å². The van der Waals surface area contributed by atoms with E-state index in [1.807, 2.05) is 4.72 Å². The molecule has 0 aliphatic carbocycles. The maximum atomic E-state index is 15.5. The highest BCUT2D eigenvalue weighted by atomic mass is 35.5. The summed E-state index contributed by atoms with van der Waals surface area (Å²) in [4.78, 5) is 34.5. The van der Waals surface area contributed by atoms with Crippen molar-refractivity contribution in [1.29, 1.82) is 0 Å². The number of anilines is 1. The second-order valence-corrected chi connectivity index (χ2v) is 12.2. The zero-order chi connectivity index (χ0) is 31.1. The maximum absolute atomic E-state index is 15.5. The summed E-state index contributed by atoms with van der Waals surface area (Å²) in [5.74, 6) is -5.08. The summed E-state index contributed by atoms with van der Waals surface area (Å²) >= 11 is 19.1. The van der Waals surface area contributed by atoms with Crippen LogP contribution in [-0.4, -0.2) is 35.7 Å². The molecule has 2 aromatic heterocycles. The van der Waals surface area contributed by atoms with Gasteiger partial charge in [0.2, 0.25) is 15.8 Å². The van der Waals surface area contributed by atoms with Crippen LogP contribution in [0.3, 0.4) is 0 Å².